The zero-order chi connectivity index (χ0) is 30.3. The summed E-state index contributed by atoms with van der Waals surface area (Å²) in [5.41, 5.74) is 2.40. The molecular weight excluding hydrogens is 496 g/mol. The molecule has 0 aromatic heterocycles. The van der Waals surface area contributed by atoms with E-state index in [4.69, 9.17) is 4.74 Å². The molecule has 0 aliphatic carbocycles. The summed E-state index contributed by atoms with van der Waals surface area (Å²) < 4.78 is 6.29. The Morgan fingerprint density at radius 1 is 0.950 bits per heavy atom. The number of amides is 2. The third-order valence-electron chi connectivity index (χ3n) is 11.1. The van der Waals surface area contributed by atoms with E-state index >= 15 is 0 Å². The molecule has 1 aromatic rings. The monoisotopic (exact) mass is 550 g/mol. The fourth-order valence-corrected chi connectivity index (χ4v) is 6.81. The van der Waals surface area contributed by atoms with Gasteiger partial charge in [-0.2, -0.15) is 0 Å². The van der Waals surface area contributed by atoms with Crippen molar-refractivity contribution in [3.8, 4) is 0 Å². The summed E-state index contributed by atoms with van der Waals surface area (Å²) in [5.74, 6) is -0.486. The average molecular weight is 551 g/mol. The molecule has 0 N–H and O–H groups in total. The van der Waals surface area contributed by atoms with Crippen molar-refractivity contribution in [2.24, 2.45) is 27.6 Å². The number of rotatable bonds is 11. The smallest absolute Gasteiger partial charge is 0.233 e. The molecule has 3 rings (SSSR count). The highest BCUT2D eigenvalue weighted by molar-refractivity contribution is 6.03. The van der Waals surface area contributed by atoms with Gasteiger partial charge in [-0.05, 0) is 47.0 Å². The number of hydrogen-bond donors (Lipinski definition) is 0. The topological polar surface area (TPSA) is 49.9 Å². The van der Waals surface area contributed by atoms with E-state index in [2.05, 4.69) is 80.4 Å². The molecule has 2 unspecified atom stereocenters. The lowest BCUT2D eigenvalue weighted by Crippen LogP contribution is -2.51. The van der Waals surface area contributed by atoms with E-state index in [1.165, 1.54) is 4.90 Å². The summed E-state index contributed by atoms with van der Waals surface area (Å²) in [6.07, 6.45) is 1.64. The van der Waals surface area contributed by atoms with Crippen LogP contribution in [0.15, 0.2) is 54.6 Å². The summed E-state index contributed by atoms with van der Waals surface area (Å²) in [6.45, 7) is 33.8. The predicted molar refractivity (Wildman–Crippen MR) is 164 cm³/mol. The van der Waals surface area contributed by atoms with E-state index in [0.717, 1.165) is 23.1 Å². The maximum absolute atomic E-state index is 13.5. The third-order valence-corrected chi connectivity index (χ3v) is 11.1. The number of benzene rings is 1. The molecule has 0 saturated carbocycles. The van der Waals surface area contributed by atoms with Crippen molar-refractivity contribution < 1.29 is 14.3 Å². The highest BCUT2D eigenvalue weighted by Gasteiger charge is 2.53. The van der Waals surface area contributed by atoms with Crippen LogP contribution in [0.3, 0.4) is 0 Å². The first-order valence-electron chi connectivity index (χ1n) is 14.9. The molecule has 5 nitrogen and oxygen atoms in total. The van der Waals surface area contributed by atoms with Gasteiger partial charge in [-0.25, -0.2) is 0 Å². The third kappa shape index (κ3) is 5.61. The second kappa shape index (κ2) is 11.2. The standard InChI is InChI=1S/C35H54N2O3/c1-25(2)35(28-16-14-13-15-17-28)36(20-21-40-35)18-19-37-29(38)23-27(30(37)39)22-26(3)24-32(7,8)34(11,12)33(9,10)31(4,5)6/h13-17,27H,1,3,18-24H2,2,4-12H3. The normalized spacial score (nSPS) is 23.2. The number of likely N-dealkylation sites (tertiary alicyclic amines) is 1. The minimum absolute atomic E-state index is 0.00899. The SMILES string of the molecule is C=C(CC1CC(=O)N(CCN2CCOC2(C(=C)C)c2ccccc2)C1=O)CC(C)(C)C(C)(C)C(C)(C)C(C)(C)C. The van der Waals surface area contributed by atoms with Crippen LogP contribution in [-0.4, -0.2) is 47.9 Å². The lowest BCUT2D eigenvalue weighted by molar-refractivity contribution is -0.140. The van der Waals surface area contributed by atoms with Crippen LogP contribution in [0.5, 0.6) is 0 Å². The van der Waals surface area contributed by atoms with E-state index in [9.17, 15) is 9.59 Å². The molecular formula is C35H54N2O3. The zero-order valence-corrected chi connectivity index (χ0v) is 26.9. The van der Waals surface area contributed by atoms with Crippen molar-refractivity contribution in [1.82, 2.24) is 9.80 Å². The summed E-state index contributed by atoms with van der Waals surface area (Å²) in [4.78, 5) is 30.2. The van der Waals surface area contributed by atoms with Crippen LogP contribution in [0.4, 0.5) is 0 Å². The van der Waals surface area contributed by atoms with Crippen LogP contribution in [0, 0.1) is 27.6 Å². The molecule has 2 aliphatic heterocycles. The van der Waals surface area contributed by atoms with E-state index in [-0.39, 0.29) is 45.8 Å². The number of carbonyl (C=O) groups is 2. The van der Waals surface area contributed by atoms with Gasteiger partial charge in [0.1, 0.15) is 0 Å². The molecule has 2 aliphatic rings. The van der Waals surface area contributed by atoms with Gasteiger partial charge in [0, 0.05) is 31.6 Å². The molecule has 0 bridgehead atoms. The van der Waals surface area contributed by atoms with Crippen molar-refractivity contribution >= 4 is 11.8 Å². The maximum atomic E-state index is 13.5. The molecule has 5 heteroatoms. The number of imide groups is 1. The minimum atomic E-state index is -0.736. The Hall–Kier alpha value is -2.24. The Bertz CT molecular complexity index is 1130. The Morgan fingerprint density at radius 2 is 1.55 bits per heavy atom. The number of carbonyl (C=O) groups excluding carboxylic acids is 2. The van der Waals surface area contributed by atoms with Crippen LogP contribution in [0.1, 0.15) is 94.1 Å². The van der Waals surface area contributed by atoms with Gasteiger partial charge in [0.05, 0.1) is 12.5 Å². The Morgan fingerprint density at radius 3 is 2.10 bits per heavy atom. The van der Waals surface area contributed by atoms with Gasteiger partial charge in [-0.3, -0.25) is 19.4 Å². The second-order valence-corrected chi connectivity index (χ2v) is 14.9. The van der Waals surface area contributed by atoms with Gasteiger partial charge < -0.3 is 4.74 Å². The van der Waals surface area contributed by atoms with E-state index in [1.807, 2.05) is 37.3 Å². The molecule has 2 saturated heterocycles. The lowest BCUT2D eigenvalue weighted by atomic mass is 9.47. The molecule has 2 amide bonds. The average Bonchev–Trinajstić information content (AvgIpc) is 3.38. The van der Waals surface area contributed by atoms with Crippen LogP contribution >= 0.6 is 0 Å². The Kier molecular flexibility index (Phi) is 9.04. The fraction of sp³-hybridized carbons (Fsp3) is 0.657. The molecule has 1 aromatic carbocycles. The number of hydrogen-bond acceptors (Lipinski definition) is 4. The quantitative estimate of drug-likeness (QED) is 0.210. The molecule has 2 heterocycles. The Balaban J connectivity index is 1.67. The van der Waals surface area contributed by atoms with E-state index in [0.29, 0.717) is 32.7 Å². The first kappa shape index (κ1) is 32.3. The summed E-state index contributed by atoms with van der Waals surface area (Å²) in [7, 11) is 0. The van der Waals surface area contributed by atoms with E-state index in [1.54, 1.807) is 0 Å². The van der Waals surface area contributed by atoms with Gasteiger partial charge in [-0.15, -0.1) is 0 Å². The summed E-state index contributed by atoms with van der Waals surface area (Å²) >= 11 is 0. The lowest BCUT2D eigenvalue weighted by Gasteiger charge is -2.58. The molecule has 0 spiro atoms. The first-order valence-corrected chi connectivity index (χ1v) is 14.9. The minimum Gasteiger partial charge on any atom is -0.351 e. The Labute approximate surface area is 244 Å². The largest absolute Gasteiger partial charge is 0.351 e. The molecule has 0 radical (unpaired) electrons. The highest BCUT2D eigenvalue weighted by Crippen LogP contribution is 2.60. The fourth-order valence-electron chi connectivity index (χ4n) is 6.81. The number of nitrogens with zero attached hydrogens (tertiary/aromatic N) is 2. The molecule has 222 valence electrons. The molecule has 40 heavy (non-hydrogen) atoms. The maximum Gasteiger partial charge on any atom is 0.233 e. The van der Waals surface area contributed by atoms with Crippen molar-refractivity contribution in [2.45, 2.75) is 94.2 Å². The van der Waals surface area contributed by atoms with Crippen LogP contribution in [-0.2, 0) is 20.1 Å². The van der Waals surface area contributed by atoms with Gasteiger partial charge in [0.15, 0.2) is 5.72 Å². The van der Waals surface area contributed by atoms with Crippen LogP contribution < -0.4 is 0 Å². The van der Waals surface area contributed by atoms with Crippen molar-refractivity contribution in [3.63, 3.8) is 0 Å². The zero-order valence-electron chi connectivity index (χ0n) is 26.9. The summed E-state index contributed by atoms with van der Waals surface area (Å²) in [6, 6.07) is 10.1. The van der Waals surface area contributed by atoms with Gasteiger partial charge in [0.25, 0.3) is 0 Å². The number of allylic oxidation sites excluding steroid dienone is 1. The molecule has 2 atom stereocenters. The first-order chi connectivity index (χ1) is 18.3. The molecule has 2 fully saturated rings. The van der Waals surface area contributed by atoms with Crippen LogP contribution in [0.25, 0.3) is 0 Å². The second-order valence-electron chi connectivity index (χ2n) is 14.9. The predicted octanol–water partition coefficient (Wildman–Crippen LogP) is 7.58. The number of ether oxygens (including phenoxy) is 1. The van der Waals surface area contributed by atoms with Crippen molar-refractivity contribution in [1.29, 1.82) is 0 Å². The van der Waals surface area contributed by atoms with Gasteiger partial charge in [0.2, 0.25) is 11.8 Å². The van der Waals surface area contributed by atoms with Gasteiger partial charge in [-0.1, -0.05) is 111 Å². The summed E-state index contributed by atoms with van der Waals surface area (Å²) in [5, 5.41) is 0. The van der Waals surface area contributed by atoms with Crippen molar-refractivity contribution in [2.75, 3.05) is 26.2 Å². The van der Waals surface area contributed by atoms with Gasteiger partial charge >= 0.3 is 0 Å². The van der Waals surface area contributed by atoms with E-state index < -0.39 is 5.72 Å². The van der Waals surface area contributed by atoms with Crippen molar-refractivity contribution in [3.05, 3.63) is 60.2 Å². The highest BCUT2D eigenvalue weighted by atomic mass is 16.5. The van der Waals surface area contributed by atoms with Crippen LogP contribution in [0.2, 0.25) is 0 Å².